The average molecular weight is 118 g/mol. The van der Waals surface area contributed by atoms with Crippen molar-refractivity contribution in [3.8, 4) is 0 Å². The SMILES string of the molecule is CCN(C)NCOC. The first-order valence-corrected chi connectivity index (χ1v) is 2.74. The molecule has 0 unspecified atom stereocenters. The minimum atomic E-state index is 0.588. The van der Waals surface area contributed by atoms with E-state index in [1.807, 2.05) is 12.1 Å². The maximum atomic E-state index is 4.76. The Kier molecular flexibility index (Phi) is 4.95. The fraction of sp³-hybridized carbons (Fsp3) is 1.00. The minimum absolute atomic E-state index is 0.588. The molecule has 0 heterocycles. The molecule has 0 aromatic heterocycles. The monoisotopic (exact) mass is 118 g/mol. The highest BCUT2D eigenvalue weighted by molar-refractivity contribution is 4.30. The van der Waals surface area contributed by atoms with Gasteiger partial charge in [-0.1, -0.05) is 6.92 Å². The number of ether oxygens (including phenoxy) is 1. The lowest BCUT2D eigenvalue weighted by molar-refractivity contribution is 0.0991. The van der Waals surface area contributed by atoms with Crippen molar-refractivity contribution in [1.29, 1.82) is 0 Å². The van der Waals surface area contributed by atoms with Crippen LogP contribution >= 0.6 is 0 Å². The van der Waals surface area contributed by atoms with E-state index in [0.29, 0.717) is 6.73 Å². The van der Waals surface area contributed by atoms with Gasteiger partial charge >= 0.3 is 0 Å². The van der Waals surface area contributed by atoms with E-state index in [-0.39, 0.29) is 0 Å². The molecule has 0 atom stereocenters. The van der Waals surface area contributed by atoms with E-state index in [1.54, 1.807) is 7.11 Å². The van der Waals surface area contributed by atoms with Crippen molar-refractivity contribution in [3.63, 3.8) is 0 Å². The second kappa shape index (κ2) is 5.03. The lowest BCUT2D eigenvalue weighted by atomic mass is 10.7. The van der Waals surface area contributed by atoms with Crippen LogP contribution in [0.25, 0.3) is 0 Å². The molecule has 0 aliphatic heterocycles. The van der Waals surface area contributed by atoms with Gasteiger partial charge in [0.05, 0.1) is 0 Å². The molecule has 0 saturated carbocycles. The summed E-state index contributed by atoms with van der Waals surface area (Å²) in [5.74, 6) is 0. The fourth-order valence-corrected chi connectivity index (χ4v) is 0.287. The molecule has 0 saturated heterocycles. The Labute approximate surface area is 50.6 Å². The maximum Gasteiger partial charge on any atom is 0.109 e. The molecule has 3 nitrogen and oxygen atoms in total. The van der Waals surface area contributed by atoms with Gasteiger partial charge in [-0.15, -0.1) is 0 Å². The van der Waals surface area contributed by atoms with Gasteiger partial charge in [0, 0.05) is 20.7 Å². The molecule has 0 aliphatic carbocycles. The first kappa shape index (κ1) is 7.88. The molecule has 8 heavy (non-hydrogen) atoms. The van der Waals surface area contributed by atoms with Crippen molar-refractivity contribution in [2.75, 3.05) is 27.4 Å². The van der Waals surface area contributed by atoms with E-state index in [0.717, 1.165) is 6.54 Å². The molecule has 0 radical (unpaired) electrons. The third-order valence-corrected chi connectivity index (χ3v) is 0.953. The number of nitrogens with zero attached hydrogens (tertiary/aromatic N) is 1. The maximum absolute atomic E-state index is 4.76. The summed E-state index contributed by atoms with van der Waals surface area (Å²) in [5, 5.41) is 1.96. The first-order chi connectivity index (χ1) is 3.81. The number of nitrogens with one attached hydrogen (secondary N) is 1. The predicted octanol–water partition coefficient (Wildman–Crippen LogP) is 0.0466. The van der Waals surface area contributed by atoms with Crippen LogP contribution in [0.4, 0.5) is 0 Å². The van der Waals surface area contributed by atoms with Crippen LogP contribution in [0.15, 0.2) is 0 Å². The molecular weight excluding hydrogens is 104 g/mol. The molecule has 0 bridgehead atoms. The van der Waals surface area contributed by atoms with Gasteiger partial charge in [0.25, 0.3) is 0 Å². The Morgan fingerprint density at radius 1 is 1.62 bits per heavy atom. The summed E-state index contributed by atoms with van der Waals surface area (Å²) in [6.45, 7) is 3.65. The molecule has 3 heteroatoms. The van der Waals surface area contributed by atoms with E-state index >= 15 is 0 Å². The molecule has 1 N–H and O–H groups in total. The van der Waals surface area contributed by atoms with Gasteiger partial charge in [0.1, 0.15) is 6.73 Å². The molecule has 0 amide bonds. The Morgan fingerprint density at radius 3 is 2.62 bits per heavy atom. The molecule has 0 spiro atoms. The summed E-state index contributed by atoms with van der Waals surface area (Å²) in [6, 6.07) is 0. The Bertz CT molecular complexity index is 49.7. The molecule has 0 aromatic rings. The van der Waals surface area contributed by atoms with Crippen LogP contribution in [0.3, 0.4) is 0 Å². The van der Waals surface area contributed by atoms with Crippen LogP contribution in [0.2, 0.25) is 0 Å². The van der Waals surface area contributed by atoms with E-state index in [1.165, 1.54) is 0 Å². The van der Waals surface area contributed by atoms with Gasteiger partial charge in [0.15, 0.2) is 0 Å². The van der Waals surface area contributed by atoms with Crippen LogP contribution in [-0.4, -0.2) is 32.4 Å². The Hall–Kier alpha value is -0.120. The van der Waals surface area contributed by atoms with Crippen molar-refractivity contribution >= 4 is 0 Å². The Balaban J connectivity index is 2.86. The molecule has 50 valence electrons. The van der Waals surface area contributed by atoms with Crippen LogP contribution in [0, 0.1) is 0 Å². The third-order valence-electron chi connectivity index (χ3n) is 0.953. The predicted molar refractivity (Wildman–Crippen MR) is 33.3 cm³/mol. The van der Waals surface area contributed by atoms with Crippen LogP contribution in [0.5, 0.6) is 0 Å². The number of hydrogen-bond acceptors (Lipinski definition) is 3. The summed E-state index contributed by atoms with van der Waals surface area (Å²) in [6.07, 6.45) is 0. The largest absolute Gasteiger partial charge is 0.368 e. The number of rotatable bonds is 4. The fourth-order valence-electron chi connectivity index (χ4n) is 0.287. The number of hydrogen-bond donors (Lipinski definition) is 1. The van der Waals surface area contributed by atoms with Crippen molar-refractivity contribution in [1.82, 2.24) is 10.4 Å². The average Bonchev–Trinajstić information content (AvgIpc) is 1.83. The Morgan fingerprint density at radius 2 is 2.25 bits per heavy atom. The number of hydrazine groups is 1. The first-order valence-electron chi connectivity index (χ1n) is 2.74. The quantitative estimate of drug-likeness (QED) is 0.417. The summed E-state index contributed by atoms with van der Waals surface area (Å²) in [7, 11) is 3.63. The van der Waals surface area contributed by atoms with E-state index in [2.05, 4.69) is 12.3 Å². The summed E-state index contributed by atoms with van der Waals surface area (Å²) in [4.78, 5) is 0. The molecule has 0 rings (SSSR count). The summed E-state index contributed by atoms with van der Waals surface area (Å²) in [5.41, 5.74) is 2.99. The highest BCUT2D eigenvalue weighted by Crippen LogP contribution is 1.69. The van der Waals surface area contributed by atoms with Crippen LogP contribution in [-0.2, 0) is 4.74 Å². The van der Waals surface area contributed by atoms with E-state index < -0.39 is 0 Å². The zero-order valence-electron chi connectivity index (χ0n) is 5.77. The van der Waals surface area contributed by atoms with Crippen molar-refractivity contribution in [3.05, 3.63) is 0 Å². The van der Waals surface area contributed by atoms with Crippen molar-refractivity contribution < 1.29 is 4.74 Å². The minimum Gasteiger partial charge on any atom is -0.368 e. The smallest absolute Gasteiger partial charge is 0.109 e. The van der Waals surface area contributed by atoms with Crippen LogP contribution < -0.4 is 5.43 Å². The topological polar surface area (TPSA) is 24.5 Å². The second-order valence-corrected chi connectivity index (χ2v) is 1.61. The number of methoxy groups -OCH3 is 1. The van der Waals surface area contributed by atoms with Gasteiger partial charge < -0.3 is 4.74 Å². The van der Waals surface area contributed by atoms with E-state index in [4.69, 9.17) is 4.74 Å². The zero-order valence-corrected chi connectivity index (χ0v) is 5.77. The third kappa shape index (κ3) is 4.05. The molecule has 0 aromatic carbocycles. The zero-order chi connectivity index (χ0) is 6.41. The van der Waals surface area contributed by atoms with Crippen LogP contribution in [0.1, 0.15) is 6.92 Å². The van der Waals surface area contributed by atoms with Gasteiger partial charge in [-0.25, -0.2) is 10.4 Å². The standard InChI is InChI=1S/C5H14N2O/c1-4-7(2)6-5-8-3/h6H,4-5H2,1-3H3. The summed E-state index contributed by atoms with van der Waals surface area (Å²) < 4.78 is 4.76. The molecule has 0 fully saturated rings. The summed E-state index contributed by atoms with van der Waals surface area (Å²) >= 11 is 0. The normalized spacial score (nSPS) is 10.5. The lowest BCUT2D eigenvalue weighted by Gasteiger charge is -2.13. The molecule has 0 aliphatic rings. The van der Waals surface area contributed by atoms with Gasteiger partial charge in [-0.3, -0.25) is 0 Å². The van der Waals surface area contributed by atoms with E-state index in [9.17, 15) is 0 Å². The highest BCUT2D eigenvalue weighted by atomic mass is 16.5. The molecular formula is C5H14N2O. The highest BCUT2D eigenvalue weighted by Gasteiger charge is 1.86. The second-order valence-electron chi connectivity index (χ2n) is 1.61. The van der Waals surface area contributed by atoms with Crippen molar-refractivity contribution in [2.24, 2.45) is 0 Å². The van der Waals surface area contributed by atoms with Gasteiger partial charge in [-0.2, -0.15) is 0 Å². The van der Waals surface area contributed by atoms with Crippen molar-refractivity contribution in [2.45, 2.75) is 6.92 Å². The lowest BCUT2D eigenvalue weighted by Crippen LogP contribution is -2.35. The van der Waals surface area contributed by atoms with Gasteiger partial charge in [-0.05, 0) is 0 Å². The van der Waals surface area contributed by atoms with Gasteiger partial charge in [0.2, 0.25) is 0 Å².